The van der Waals surface area contributed by atoms with Crippen LogP contribution in [0.1, 0.15) is 45.6 Å². The summed E-state index contributed by atoms with van der Waals surface area (Å²) in [5.41, 5.74) is 1.31. The van der Waals surface area contributed by atoms with Crippen LogP contribution in [0, 0.1) is 0 Å². The monoisotopic (exact) mass is 292 g/mol. The minimum atomic E-state index is -0.395. The lowest BCUT2D eigenvalue weighted by Crippen LogP contribution is -3.20. The maximum Gasteiger partial charge on any atom is 0.137 e. The molecule has 2 N–H and O–H groups in total. The first-order chi connectivity index (χ1) is 10.1. The molecule has 0 unspecified atom stereocenters. The van der Waals surface area contributed by atoms with Crippen molar-refractivity contribution >= 4 is 0 Å². The van der Waals surface area contributed by atoms with E-state index in [4.69, 9.17) is 4.74 Å². The Hall–Kier alpha value is -1.06. The van der Waals surface area contributed by atoms with Crippen LogP contribution >= 0.6 is 0 Å². The lowest BCUT2D eigenvalue weighted by atomic mass is 9.97. The van der Waals surface area contributed by atoms with Gasteiger partial charge in [0, 0.05) is 0 Å². The predicted molar refractivity (Wildman–Crippen MR) is 85.9 cm³/mol. The molecule has 21 heavy (non-hydrogen) atoms. The first-order valence-corrected chi connectivity index (χ1v) is 8.35. The van der Waals surface area contributed by atoms with Gasteiger partial charge in [-0.2, -0.15) is 0 Å². The molecule has 1 aromatic rings. The van der Waals surface area contributed by atoms with Crippen molar-refractivity contribution in [2.45, 2.75) is 64.6 Å². The number of hydrogen-bond acceptors (Lipinski definition) is 2. The van der Waals surface area contributed by atoms with E-state index in [1.54, 1.807) is 0 Å². The summed E-state index contributed by atoms with van der Waals surface area (Å²) in [6.07, 6.45) is 4.50. The molecule has 1 aliphatic heterocycles. The summed E-state index contributed by atoms with van der Waals surface area (Å²) < 4.78 is 5.72. The summed E-state index contributed by atoms with van der Waals surface area (Å²) in [5.74, 6) is 0.848. The van der Waals surface area contributed by atoms with Crippen LogP contribution in [0.25, 0.3) is 0 Å². The van der Waals surface area contributed by atoms with Crippen molar-refractivity contribution in [2.24, 2.45) is 0 Å². The number of likely N-dealkylation sites (tertiary alicyclic amines) is 1. The molecule has 1 saturated heterocycles. The van der Waals surface area contributed by atoms with Crippen LogP contribution < -0.4 is 9.64 Å². The van der Waals surface area contributed by atoms with Gasteiger partial charge in [-0.05, 0) is 57.2 Å². The van der Waals surface area contributed by atoms with Crippen molar-refractivity contribution in [3.05, 3.63) is 29.8 Å². The summed E-state index contributed by atoms with van der Waals surface area (Å²) >= 11 is 0. The molecule has 0 radical (unpaired) electrons. The number of nitrogens with one attached hydrogen (secondary N) is 1. The molecule has 0 saturated carbocycles. The molecular formula is C18H30NO2+. The molecule has 3 heteroatoms. The molecule has 1 heterocycles. The van der Waals surface area contributed by atoms with Gasteiger partial charge in [-0.15, -0.1) is 0 Å². The van der Waals surface area contributed by atoms with Gasteiger partial charge in [0.05, 0.1) is 12.1 Å². The number of aryl methyl sites for hydroxylation is 1. The van der Waals surface area contributed by atoms with Crippen molar-refractivity contribution in [3.63, 3.8) is 0 Å². The van der Waals surface area contributed by atoms with E-state index in [2.05, 4.69) is 32.9 Å². The molecule has 0 aromatic heterocycles. The van der Waals surface area contributed by atoms with Crippen molar-refractivity contribution in [1.29, 1.82) is 0 Å². The lowest BCUT2D eigenvalue weighted by Gasteiger charge is -2.36. The van der Waals surface area contributed by atoms with Crippen LogP contribution in [0.5, 0.6) is 5.75 Å². The Morgan fingerprint density at radius 2 is 1.81 bits per heavy atom. The highest BCUT2D eigenvalue weighted by Crippen LogP contribution is 2.13. The van der Waals surface area contributed by atoms with Crippen molar-refractivity contribution < 1.29 is 14.7 Å². The number of hydrogen-bond donors (Lipinski definition) is 2. The Kier molecular flexibility index (Phi) is 6.07. The smallest absolute Gasteiger partial charge is 0.137 e. The fourth-order valence-electron chi connectivity index (χ4n) is 3.33. The molecule has 0 amide bonds. The molecule has 1 aromatic carbocycles. The standard InChI is InChI=1S/C18H29NO2/c1-4-16-8-10-18(11-9-16)21-13-17(20)12-19-14(2)6-5-7-15(19)3/h8-11,14-15,17,20H,4-7,12-13H2,1-3H3/p+1/t14-,15-,17+/m0/s1. The summed E-state index contributed by atoms with van der Waals surface area (Å²) in [6, 6.07) is 9.44. The third-order valence-corrected chi connectivity index (χ3v) is 4.79. The topological polar surface area (TPSA) is 33.9 Å². The first kappa shape index (κ1) is 16.3. The molecule has 0 bridgehead atoms. The third kappa shape index (κ3) is 4.72. The van der Waals surface area contributed by atoms with E-state index in [9.17, 15) is 5.11 Å². The first-order valence-electron chi connectivity index (χ1n) is 8.35. The van der Waals surface area contributed by atoms with Crippen molar-refractivity contribution in [1.82, 2.24) is 0 Å². The van der Waals surface area contributed by atoms with Crippen LogP contribution in [-0.4, -0.2) is 36.4 Å². The van der Waals surface area contributed by atoms with E-state index >= 15 is 0 Å². The van der Waals surface area contributed by atoms with Gasteiger partial charge >= 0.3 is 0 Å². The number of aliphatic hydroxyl groups is 1. The number of quaternary nitrogens is 1. The highest BCUT2D eigenvalue weighted by Gasteiger charge is 2.30. The van der Waals surface area contributed by atoms with Gasteiger partial charge in [-0.3, -0.25) is 0 Å². The second-order valence-corrected chi connectivity index (χ2v) is 6.47. The normalized spacial score (nSPS) is 24.8. The SMILES string of the molecule is CCc1ccc(OC[C@H](O)C[NH+]2[C@@H](C)CCC[C@@H]2C)cc1. The van der Waals surface area contributed by atoms with Gasteiger partial charge in [0.15, 0.2) is 0 Å². The van der Waals surface area contributed by atoms with Crippen LogP contribution in [0.15, 0.2) is 24.3 Å². The van der Waals surface area contributed by atoms with E-state index in [-0.39, 0.29) is 0 Å². The van der Waals surface area contributed by atoms with Crippen LogP contribution in [-0.2, 0) is 6.42 Å². The number of aliphatic hydroxyl groups excluding tert-OH is 1. The number of benzene rings is 1. The van der Waals surface area contributed by atoms with Gasteiger partial charge in [-0.25, -0.2) is 0 Å². The average Bonchev–Trinajstić information content (AvgIpc) is 2.49. The highest BCUT2D eigenvalue weighted by atomic mass is 16.5. The van der Waals surface area contributed by atoms with E-state index in [0.717, 1.165) is 18.7 Å². The second kappa shape index (κ2) is 7.81. The van der Waals surface area contributed by atoms with Gasteiger partial charge in [0.1, 0.15) is 25.0 Å². The van der Waals surface area contributed by atoms with Gasteiger partial charge in [0.25, 0.3) is 0 Å². The number of piperidine rings is 1. The van der Waals surface area contributed by atoms with Crippen LogP contribution in [0.3, 0.4) is 0 Å². The Labute approximate surface area is 128 Å². The van der Waals surface area contributed by atoms with Crippen molar-refractivity contribution in [3.8, 4) is 5.75 Å². The zero-order valence-electron chi connectivity index (χ0n) is 13.6. The minimum absolute atomic E-state index is 0.383. The third-order valence-electron chi connectivity index (χ3n) is 4.79. The van der Waals surface area contributed by atoms with Crippen LogP contribution in [0.2, 0.25) is 0 Å². The van der Waals surface area contributed by atoms with Gasteiger partial charge in [-0.1, -0.05) is 19.1 Å². The molecule has 2 rings (SSSR count). The molecule has 118 valence electrons. The molecule has 1 fully saturated rings. The Morgan fingerprint density at radius 3 is 2.38 bits per heavy atom. The van der Waals surface area contributed by atoms with Gasteiger partial charge in [0.2, 0.25) is 0 Å². The lowest BCUT2D eigenvalue weighted by molar-refractivity contribution is -0.954. The Balaban J connectivity index is 1.79. The molecule has 0 spiro atoms. The Morgan fingerprint density at radius 1 is 1.19 bits per heavy atom. The highest BCUT2D eigenvalue weighted by molar-refractivity contribution is 5.27. The average molecular weight is 292 g/mol. The molecule has 1 aliphatic rings. The van der Waals surface area contributed by atoms with Crippen LogP contribution in [0.4, 0.5) is 0 Å². The zero-order valence-corrected chi connectivity index (χ0v) is 13.6. The summed E-state index contributed by atoms with van der Waals surface area (Å²) in [7, 11) is 0. The van der Waals surface area contributed by atoms with E-state index in [1.807, 2.05) is 12.1 Å². The van der Waals surface area contributed by atoms with E-state index < -0.39 is 6.10 Å². The fourth-order valence-corrected chi connectivity index (χ4v) is 3.33. The summed E-state index contributed by atoms with van der Waals surface area (Å²) in [6.45, 7) is 7.90. The maximum atomic E-state index is 10.3. The number of ether oxygens (including phenoxy) is 1. The summed E-state index contributed by atoms with van der Waals surface area (Å²) in [4.78, 5) is 1.53. The van der Waals surface area contributed by atoms with E-state index in [0.29, 0.717) is 18.7 Å². The minimum Gasteiger partial charge on any atom is -0.491 e. The fraction of sp³-hybridized carbons (Fsp3) is 0.667. The van der Waals surface area contributed by atoms with Gasteiger partial charge < -0.3 is 14.7 Å². The number of rotatable bonds is 6. The van der Waals surface area contributed by atoms with E-state index in [1.165, 1.54) is 29.7 Å². The molecule has 3 atom stereocenters. The van der Waals surface area contributed by atoms with Crippen molar-refractivity contribution in [2.75, 3.05) is 13.2 Å². The maximum absolute atomic E-state index is 10.3. The zero-order chi connectivity index (χ0) is 15.2. The predicted octanol–water partition coefficient (Wildman–Crippen LogP) is 1.83. The largest absolute Gasteiger partial charge is 0.491 e. The summed E-state index contributed by atoms with van der Waals surface area (Å²) in [5, 5.41) is 10.3. The molecular weight excluding hydrogens is 262 g/mol. The molecule has 0 aliphatic carbocycles. The Bertz CT molecular complexity index is 408. The quantitative estimate of drug-likeness (QED) is 0.839. The second-order valence-electron chi connectivity index (χ2n) is 6.47. The molecule has 3 nitrogen and oxygen atoms in total.